The van der Waals surface area contributed by atoms with Crippen molar-refractivity contribution in [2.45, 2.75) is 12.5 Å². The van der Waals surface area contributed by atoms with Crippen molar-refractivity contribution in [1.82, 2.24) is 9.78 Å². The number of hydrogen-bond donors (Lipinski definition) is 1. The van der Waals surface area contributed by atoms with Gasteiger partial charge >= 0.3 is 0 Å². The minimum absolute atomic E-state index is 0.0800. The van der Waals surface area contributed by atoms with Crippen LogP contribution >= 0.6 is 11.6 Å². The lowest BCUT2D eigenvalue weighted by molar-refractivity contribution is 0.721. The Morgan fingerprint density at radius 1 is 1.05 bits per heavy atom. The monoisotopic (exact) mass is 297 g/mol. The molecule has 1 unspecified atom stereocenters. The third-order valence-corrected chi connectivity index (χ3v) is 3.67. The molecule has 4 heteroatoms. The molecule has 106 valence electrons. The van der Waals surface area contributed by atoms with Gasteiger partial charge in [0.25, 0.3) is 0 Å². The Hall–Kier alpha value is -2.10. The van der Waals surface area contributed by atoms with Crippen molar-refractivity contribution >= 4 is 11.6 Å². The Bertz CT molecular complexity index is 704. The zero-order valence-corrected chi connectivity index (χ0v) is 12.2. The van der Waals surface area contributed by atoms with Crippen molar-refractivity contribution < 1.29 is 0 Å². The maximum atomic E-state index is 6.27. The van der Waals surface area contributed by atoms with E-state index in [9.17, 15) is 0 Å². The lowest BCUT2D eigenvalue weighted by Crippen LogP contribution is -2.12. The topological polar surface area (TPSA) is 43.8 Å². The highest BCUT2D eigenvalue weighted by atomic mass is 35.5. The summed E-state index contributed by atoms with van der Waals surface area (Å²) >= 11 is 5.89. The summed E-state index contributed by atoms with van der Waals surface area (Å²) in [6.45, 7) is 0. The summed E-state index contributed by atoms with van der Waals surface area (Å²) in [6, 6.07) is 17.7. The molecule has 0 amide bonds. The van der Waals surface area contributed by atoms with E-state index in [4.69, 9.17) is 17.3 Å². The molecule has 2 N–H and O–H groups in total. The zero-order chi connectivity index (χ0) is 14.7. The normalized spacial score (nSPS) is 12.3. The van der Waals surface area contributed by atoms with Gasteiger partial charge in [-0.05, 0) is 36.2 Å². The van der Waals surface area contributed by atoms with Crippen LogP contribution in [0.3, 0.4) is 0 Å². The molecule has 2 aromatic carbocycles. The van der Waals surface area contributed by atoms with Crippen molar-refractivity contribution in [3.63, 3.8) is 0 Å². The van der Waals surface area contributed by atoms with E-state index in [0.717, 1.165) is 22.7 Å². The Balaban J connectivity index is 1.75. The van der Waals surface area contributed by atoms with Crippen LogP contribution in [0, 0.1) is 0 Å². The molecule has 0 aliphatic rings. The summed E-state index contributed by atoms with van der Waals surface area (Å²) in [6.07, 6.45) is 4.57. The van der Waals surface area contributed by atoms with Gasteiger partial charge in [-0.3, -0.25) is 0 Å². The third kappa shape index (κ3) is 3.32. The van der Waals surface area contributed by atoms with Crippen LogP contribution in [0.15, 0.2) is 67.0 Å². The Labute approximate surface area is 129 Å². The zero-order valence-electron chi connectivity index (χ0n) is 11.5. The molecule has 3 aromatic rings. The van der Waals surface area contributed by atoms with Gasteiger partial charge in [0, 0.05) is 22.8 Å². The molecule has 0 fully saturated rings. The minimum atomic E-state index is -0.0800. The van der Waals surface area contributed by atoms with Crippen LogP contribution in [-0.2, 0) is 6.42 Å². The Kier molecular flexibility index (Phi) is 4.04. The summed E-state index contributed by atoms with van der Waals surface area (Å²) in [5, 5.41) is 5.12. The van der Waals surface area contributed by atoms with E-state index < -0.39 is 0 Å². The molecule has 1 aromatic heterocycles. The van der Waals surface area contributed by atoms with Gasteiger partial charge < -0.3 is 5.73 Å². The first kappa shape index (κ1) is 13.9. The molecule has 3 nitrogen and oxygen atoms in total. The van der Waals surface area contributed by atoms with E-state index in [1.165, 1.54) is 5.56 Å². The van der Waals surface area contributed by atoms with Crippen LogP contribution in [-0.4, -0.2) is 9.78 Å². The largest absolute Gasteiger partial charge is 0.324 e. The van der Waals surface area contributed by atoms with Gasteiger partial charge in [0.15, 0.2) is 0 Å². The molecule has 1 heterocycles. The van der Waals surface area contributed by atoms with E-state index in [0.29, 0.717) is 0 Å². The molecule has 0 saturated heterocycles. The number of hydrogen-bond acceptors (Lipinski definition) is 2. The van der Waals surface area contributed by atoms with E-state index in [1.807, 2.05) is 71.7 Å². The molecule has 0 aliphatic heterocycles. The van der Waals surface area contributed by atoms with Crippen molar-refractivity contribution in [3.8, 4) is 5.69 Å². The number of aromatic nitrogens is 2. The van der Waals surface area contributed by atoms with E-state index >= 15 is 0 Å². The number of para-hydroxylation sites is 1. The van der Waals surface area contributed by atoms with Crippen LogP contribution in [0.1, 0.15) is 17.2 Å². The molecule has 1 atom stereocenters. The predicted molar refractivity (Wildman–Crippen MR) is 85.6 cm³/mol. The van der Waals surface area contributed by atoms with E-state index in [-0.39, 0.29) is 6.04 Å². The number of rotatable bonds is 4. The van der Waals surface area contributed by atoms with Crippen LogP contribution in [0.2, 0.25) is 5.02 Å². The van der Waals surface area contributed by atoms with Crippen LogP contribution in [0.4, 0.5) is 0 Å². The van der Waals surface area contributed by atoms with Gasteiger partial charge in [-0.1, -0.05) is 41.9 Å². The van der Waals surface area contributed by atoms with Crippen molar-refractivity contribution in [2.24, 2.45) is 5.73 Å². The lowest BCUT2D eigenvalue weighted by atomic mass is 10.0. The molecule has 3 rings (SSSR count). The van der Waals surface area contributed by atoms with Gasteiger partial charge in [0.05, 0.1) is 11.9 Å². The van der Waals surface area contributed by atoms with Gasteiger partial charge in [-0.2, -0.15) is 5.10 Å². The highest BCUT2D eigenvalue weighted by Gasteiger charge is 2.10. The second kappa shape index (κ2) is 6.12. The molecule has 0 aliphatic carbocycles. The molecular formula is C17H16ClN3. The van der Waals surface area contributed by atoms with Gasteiger partial charge in [0.1, 0.15) is 0 Å². The maximum absolute atomic E-state index is 6.27. The first-order valence-electron chi connectivity index (χ1n) is 6.82. The highest BCUT2D eigenvalue weighted by molar-refractivity contribution is 6.30. The molecule has 0 spiro atoms. The summed E-state index contributed by atoms with van der Waals surface area (Å²) in [7, 11) is 0. The smallest absolute Gasteiger partial charge is 0.0645 e. The predicted octanol–water partition coefficient (Wildman–Crippen LogP) is 3.77. The van der Waals surface area contributed by atoms with Gasteiger partial charge in [-0.15, -0.1) is 0 Å². The number of benzene rings is 2. The molecule has 21 heavy (non-hydrogen) atoms. The maximum Gasteiger partial charge on any atom is 0.0645 e. The fourth-order valence-electron chi connectivity index (χ4n) is 2.24. The average molecular weight is 298 g/mol. The Morgan fingerprint density at radius 2 is 1.76 bits per heavy atom. The number of halogens is 1. The molecule has 0 saturated carbocycles. The van der Waals surface area contributed by atoms with E-state index in [1.54, 1.807) is 0 Å². The Morgan fingerprint density at radius 3 is 2.48 bits per heavy atom. The fraction of sp³-hybridized carbons (Fsp3) is 0.118. The highest BCUT2D eigenvalue weighted by Crippen LogP contribution is 2.18. The van der Waals surface area contributed by atoms with Crippen molar-refractivity contribution in [3.05, 3.63) is 83.1 Å². The second-order valence-electron chi connectivity index (χ2n) is 4.99. The van der Waals surface area contributed by atoms with Crippen molar-refractivity contribution in [2.75, 3.05) is 0 Å². The third-order valence-electron chi connectivity index (χ3n) is 3.42. The summed E-state index contributed by atoms with van der Waals surface area (Å²) in [4.78, 5) is 0. The SMILES string of the molecule is NC(Cc1ccc(Cl)cc1)c1cnn(-c2ccccc2)c1. The minimum Gasteiger partial charge on any atom is -0.324 e. The number of nitrogens with zero attached hydrogens (tertiary/aromatic N) is 2. The second-order valence-corrected chi connectivity index (χ2v) is 5.43. The number of nitrogens with two attached hydrogens (primary N) is 1. The fourth-order valence-corrected chi connectivity index (χ4v) is 2.37. The van der Waals surface area contributed by atoms with Crippen LogP contribution in [0.5, 0.6) is 0 Å². The van der Waals surface area contributed by atoms with Crippen molar-refractivity contribution in [1.29, 1.82) is 0 Å². The summed E-state index contributed by atoms with van der Waals surface area (Å²) in [5.74, 6) is 0. The lowest BCUT2D eigenvalue weighted by Gasteiger charge is -2.09. The van der Waals surface area contributed by atoms with Gasteiger partial charge in [0.2, 0.25) is 0 Å². The van der Waals surface area contributed by atoms with Crippen LogP contribution in [0.25, 0.3) is 5.69 Å². The molecule has 0 bridgehead atoms. The van der Waals surface area contributed by atoms with Crippen LogP contribution < -0.4 is 5.73 Å². The quantitative estimate of drug-likeness (QED) is 0.796. The van der Waals surface area contributed by atoms with Gasteiger partial charge in [-0.25, -0.2) is 4.68 Å². The average Bonchev–Trinajstić information content (AvgIpc) is 3.00. The first-order valence-corrected chi connectivity index (χ1v) is 7.20. The summed E-state index contributed by atoms with van der Waals surface area (Å²) in [5.41, 5.74) is 9.49. The molecular weight excluding hydrogens is 282 g/mol. The molecule has 0 radical (unpaired) electrons. The van der Waals surface area contributed by atoms with E-state index in [2.05, 4.69) is 5.10 Å². The standard InChI is InChI=1S/C17H16ClN3/c18-15-8-6-13(7-9-15)10-17(19)14-11-20-21(12-14)16-4-2-1-3-5-16/h1-9,11-12,17H,10,19H2. The first-order chi connectivity index (χ1) is 10.2. The summed E-state index contributed by atoms with van der Waals surface area (Å²) < 4.78 is 1.84.